The van der Waals surface area contributed by atoms with Crippen LogP contribution in [-0.2, 0) is 4.74 Å². The lowest BCUT2D eigenvalue weighted by Crippen LogP contribution is -2.32. The number of nitrogens with zero attached hydrogens (tertiary/aromatic N) is 1. The molecule has 1 N–H and O–H groups in total. The maximum atomic E-state index is 11.4. The molecule has 6 heteroatoms. The molecule has 5 nitrogen and oxygen atoms in total. The van der Waals surface area contributed by atoms with Crippen LogP contribution >= 0.6 is 15.9 Å². The highest BCUT2D eigenvalue weighted by atomic mass is 79.9. The lowest BCUT2D eigenvalue weighted by atomic mass is 10.2. The maximum absolute atomic E-state index is 11.4. The average molecular weight is 261 g/mol. The van der Waals surface area contributed by atoms with Crippen LogP contribution in [0, 0.1) is 0 Å². The zero-order chi connectivity index (χ0) is 10.1. The number of hydrogen-bond donors (Lipinski definition) is 1. The summed E-state index contributed by atoms with van der Waals surface area (Å²) < 4.78 is 7.03. The van der Waals surface area contributed by atoms with E-state index in [-0.39, 0.29) is 11.7 Å². The summed E-state index contributed by atoms with van der Waals surface area (Å²) in [4.78, 5) is 24.7. The summed E-state index contributed by atoms with van der Waals surface area (Å²) in [5.74, 6) is 0. The van der Waals surface area contributed by atoms with Gasteiger partial charge in [0.1, 0.15) is 0 Å². The molecule has 0 amide bonds. The normalized spacial score (nSPS) is 21.4. The molecule has 1 aliphatic heterocycles. The number of aromatic amines is 1. The van der Waals surface area contributed by atoms with Crippen molar-refractivity contribution in [2.45, 2.75) is 12.5 Å². The van der Waals surface area contributed by atoms with Crippen molar-refractivity contribution in [3.8, 4) is 0 Å². The van der Waals surface area contributed by atoms with Crippen molar-refractivity contribution in [3.05, 3.63) is 31.5 Å². The van der Waals surface area contributed by atoms with Crippen molar-refractivity contribution in [1.29, 1.82) is 0 Å². The van der Waals surface area contributed by atoms with Crippen LogP contribution in [0.1, 0.15) is 12.5 Å². The Morgan fingerprint density at radius 2 is 2.36 bits per heavy atom. The fourth-order valence-electron chi connectivity index (χ4n) is 1.47. The Hall–Kier alpha value is -0.880. The number of ether oxygens (including phenoxy) is 1. The second-order valence-corrected chi connectivity index (χ2v) is 4.02. The Morgan fingerprint density at radius 3 is 3.00 bits per heavy atom. The summed E-state index contributed by atoms with van der Waals surface area (Å²) >= 11 is 3.08. The minimum atomic E-state index is -0.398. The molecule has 1 aromatic heterocycles. The maximum Gasteiger partial charge on any atom is 0.328 e. The molecule has 1 aromatic rings. The second kappa shape index (κ2) is 3.70. The van der Waals surface area contributed by atoms with Gasteiger partial charge in [0.2, 0.25) is 0 Å². The van der Waals surface area contributed by atoms with Gasteiger partial charge in [0.25, 0.3) is 5.56 Å². The van der Waals surface area contributed by atoms with Gasteiger partial charge in [0.15, 0.2) is 0 Å². The van der Waals surface area contributed by atoms with Crippen LogP contribution in [0.15, 0.2) is 20.3 Å². The molecular weight excluding hydrogens is 252 g/mol. The van der Waals surface area contributed by atoms with E-state index in [9.17, 15) is 9.59 Å². The molecule has 76 valence electrons. The van der Waals surface area contributed by atoms with Gasteiger partial charge in [0.05, 0.1) is 17.1 Å². The molecule has 14 heavy (non-hydrogen) atoms. The van der Waals surface area contributed by atoms with Gasteiger partial charge < -0.3 is 4.74 Å². The molecule has 1 unspecified atom stereocenters. The Morgan fingerprint density at radius 1 is 1.57 bits per heavy atom. The van der Waals surface area contributed by atoms with Crippen molar-refractivity contribution in [3.63, 3.8) is 0 Å². The zero-order valence-electron chi connectivity index (χ0n) is 7.33. The van der Waals surface area contributed by atoms with Crippen molar-refractivity contribution in [2.24, 2.45) is 0 Å². The molecule has 0 radical (unpaired) electrons. The standard InChI is InChI=1S/C8H9BrN2O3/c9-6-3-11(5-1-2-14-4-5)8(13)10-7(6)12/h3,5H,1-2,4H2,(H,10,12,13). The largest absolute Gasteiger partial charge is 0.379 e. The van der Waals surface area contributed by atoms with Crippen LogP contribution in [0.25, 0.3) is 0 Å². The van der Waals surface area contributed by atoms with Crippen molar-refractivity contribution in [2.75, 3.05) is 13.2 Å². The minimum Gasteiger partial charge on any atom is -0.379 e. The predicted octanol–water partition coefficient (Wildman–Crippen LogP) is 0.260. The van der Waals surface area contributed by atoms with E-state index < -0.39 is 5.56 Å². The zero-order valence-corrected chi connectivity index (χ0v) is 8.91. The van der Waals surface area contributed by atoms with Gasteiger partial charge in [-0.2, -0.15) is 0 Å². The fraction of sp³-hybridized carbons (Fsp3) is 0.500. The van der Waals surface area contributed by atoms with Crippen molar-refractivity contribution in [1.82, 2.24) is 9.55 Å². The highest BCUT2D eigenvalue weighted by molar-refractivity contribution is 9.10. The summed E-state index contributed by atoms with van der Waals surface area (Å²) in [6, 6.07) is 0.0376. The lowest BCUT2D eigenvalue weighted by Gasteiger charge is -2.10. The van der Waals surface area contributed by atoms with Crippen molar-refractivity contribution < 1.29 is 4.74 Å². The van der Waals surface area contributed by atoms with Gasteiger partial charge >= 0.3 is 5.69 Å². The highest BCUT2D eigenvalue weighted by Gasteiger charge is 2.19. The number of hydrogen-bond acceptors (Lipinski definition) is 3. The van der Waals surface area contributed by atoms with Crippen LogP contribution in [0.5, 0.6) is 0 Å². The third kappa shape index (κ3) is 1.67. The number of nitrogens with one attached hydrogen (secondary N) is 1. The van der Waals surface area contributed by atoms with Gasteiger partial charge in [-0.3, -0.25) is 14.3 Å². The van der Waals surface area contributed by atoms with Gasteiger partial charge in [-0.05, 0) is 22.4 Å². The summed E-state index contributed by atoms with van der Waals surface area (Å²) in [5.41, 5.74) is -0.779. The molecule has 2 heterocycles. The number of rotatable bonds is 1. The molecule has 0 aromatic carbocycles. The SMILES string of the molecule is O=c1[nH]c(=O)n(C2CCOC2)cc1Br. The molecule has 1 atom stereocenters. The first-order valence-corrected chi connectivity index (χ1v) is 5.06. The molecule has 2 rings (SSSR count). The molecule has 1 saturated heterocycles. The summed E-state index contributed by atoms with van der Waals surface area (Å²) in [6.07, 6.45) is 2.32. The van der Waals surface area contributed by atoms with Crippen LogP contribution < -0.4 is 11.2 Å². The van der Waals surface area contributed by atoms with Gasteiger partial charge in [-0.1, -0.05) is 0 Å². The van der Waals surface area contributed by atoms with Crippen molar-refractivity contribution >= 4 is 15.9 Å². The smallest absolute Gasteiger partial charge is 0.328 e. The van der Waals surface area contributed by atoms with Crippen LogP contribution in [0.4, 0.5) is 0 Å². The van der Waals surface area contributed by atoms with Gasteiger partial charge in [0, 0.05) is 12.8 Å². The van der Waals surface area contributed by atoms with E-state index in [0.29, 0.717) is 17.7 Å². The van der Waals surface area contributed by atoms with E-state index >= 15 is 0 Å². The average Bonchev–Trinajstić information content (AvgIpc) is 2.64. The molecule has 0 saturated carbocycles. The fourth-order valence-corrected chi connectivity index (χ4v) is 1.79. The van der Waals surface area contributed by atoms with E-state index in [2.05, 4.69) is 20.9 Å². The third-order valence-electron chi connectivity index (χ3n) is 2.22. The summed E-state index contributed by atoms with van der Waals surface area (Å²) in [7, 11) is 0. The van der Waals surface area contributed by atoms with E-state index in [1.165, 1.54) is 10.8 Å². The monoisotopic (exact) mass is 260 g/mol. The first-order valence-electron chi connectivity index (χ1n) is 4.27. The van der Waals surface area contributed by atoms with Crippen LogP contribution in [0.2, 0.25) is 0 Å². The molecule has 0 spiro atoms. The van der Waals surface area contributed by atoms with E-state index in [4.69, 9.17) is 4.74 Å². The van der Waals surface area contributed by atoms with Crippen LogP contribution in [-0.4, -0.2) is 22.8 Å². The lowest BCUT2D eigenvalue weighted by molar-refractivity contribution is 0.185. The van der Waals surface area contributed by atoms with Gasteiger partial charge in [-0.25, -0.2) is 4.79 Å². The third-order valence-corrected chi connectivity index (χ3v) is 2.79. The predicted molar refractivity (Wildman–Crippen MR) is 53.5 cm³/mol. The Labute approximate surface area is 87.8 Å². The van der Waals surface area contributed by atoms with Crippen LogP contribution in [0.3, 0.4) is 0 Å². The number of aromatic nitrogens is 2. The first kappa shape index (κ1) is 9.67. The summed E-state index contributed by atoms with van der Waals surface area (Å²) in [5, 5.41) is 0. The quantitative estimate of drug-likeness (QED) is 0.788. The Kier molecular flexibility index (Phi) is 2.56. The highest BCUT2D eigenvalue weighted by Crippen LogP contribution is 2.16. The molecular formula is C8H9BrN2O3. The molecule has 1 fully saturated rings. The van der Waals surface area contributed by atoms with E-state index in [1.54, 1.807) is 0 Å². The molecule has 0 aliphatic carbocycles. The Bertz CT molecular complexity index is 445. The van der Waals surface area contributed by atoms with Gasteiger partial charge in [-0.15, -0.1) is 0 Å². The van der Waals surface area contributed by atoms with E-state index in [1.807, 2.05) is 0 Å². The minimum absolute atomic E-state index is 0.0376. The number of H-pyrrole nitrogens is 1. The topological polar surface area (TPSA) is 64.1 Å². The first-order chi connectivity index (χ1) is 6.68. The summed E-state index contributed by atoms with van der Waals surface area (Å²) in [6.45, 7) is 1.19. The number of halogens is 1. The molecule has 1 aliphatic rings. The molecule has 0 bridgehead atoms. The second-order valence-electron chi connectivity index (χ2n) is 3.16. The Balaban J connectivity index is 2.47. The van der Waals surface area contributed by atoms with E-state index in [0.717, 1.165) is 6.42 Å².